The summed E-state index contributed by atoms with van der Waals surface area (Å²) in [4.78, 5) is 17.9. The van der Waals surface area contributed by atoms with E-state index in [1.165, 1.54) is 0 Å². The Morgan fingerprint density at radius 3 is 2.61 bits per heavy atom. The third-order valence-electron chi connectivity index (χ3n) is 2.86. The zero-order valence-electron chi connectivity index (χ0n) is 12.2. The average Bonchev–Trinajstić information content (AvgIpc) is 2.85. The molecule has 2 heterocycles. The molecule has 0 saturated carbocycles. The second-order valence-electron chi connectivity index (χ2n) is 4.56. The first-order chi connectivity index (χ1) is 10.7. The third kappa shape index (κ3) is 4.21. The molecule has 0 atom stereocenters. The summed E-state index contributed by atoms with van der Waals surface area (Å²) in [5.41, 5.74) is -0.123. The van der Waals surface area contributed by atoms with Crippen molar-refractivity contribution in [2.45, 2.75) is 31.7 Å². The van der Waals surface area contributed by atoms with Gasteiger partial charge >= 0.3 is 6.18 Å². The highest BCUT2D eigenvalue weighted by Gasteiger charge is 2.34. The number of halogens is 3. The molecule has 0 unspecified atom stereocenters. The van der Waals surface area contributed by atoms with Gasteiger partial charge in [0.05, 0.1) is 17.4 Å². The molecule has 2 rings (SSSR count). The highest BCUT2D eigenvalue weighted by molar-refractivity contribution is 7.99. The van der Waals surface area contributed by atoms with Crippen LogP contribution in [0.4, 0.5) is 13.2 Å². The van der Waals surface area contributed by atoms with Crippen LogP contribution in [0.25, 0.3) is 11.3 Å². The molecule has 10 heteroatoms. The number of thioether (sulfide) groups is 1. The van der Waals surface area contributed by atoms with Crippen molar-refractivity contribution in [2.75, 3.05) is 5.75 Å². The molecule has 0 aliphatic rings. The molecular formula is C13H12F3N4O2S-. The SMILES string of the molecule is CCn1cc(-c2cc(C(F)(F)F)nc(SCC(=O)[O-])n2)c(C)n1. The number of aliphatic carboxylic acids is 1. The smallest absolute Gasteiger partial charge is 0.433 e. The summed E-state index contributed by atoms with van der Waals surface area (Å²) in [5, 5.41) is 14.4. The number of carboxylic acid groups (broad SMARTS) is 1. The minimum Gasteiger partial charge on any atom is -0.549 e. The predicted molar refractivity (Wildman–Crippen MR) is 74.4 cm³/mol. The lowest BCUT2D eigenvalue weighted by molar-refractivity contribution is -0.301. The van der Waals surface area contributed by atoms with Crippen LogP contribution < -0.4 is 5.11 Å². The lowest BCUT2D eigenvalue weighted by atomic mass is 10.1. The maximum Gasteiger partial charge on any atom is 0.433 e. The number of rotatable bonds is 5. The molecule has 6 nitrogen and oxygen atoms in total. The van der Waals surface area contributed by atoms with Gasteiger partial charge in [0.1, 0.15) is 5.69 Å². The van der Waals surface area contributed by atoms with Gasteiger partial charge in [-0.15, -0.1) is 0 Å². The van der Waals surface area contributed by atoms with Crippen LogP contribution in [-0.4, -0.2) is 31.5 Å². The van der Waals surface area contributed by atoms with Gasteiger partial charge in [-0.05, 0) is 19.9 Å². The van der Waals surface area contributed by atoms with Crippen molar-refractivity contribution in [1.82, 2.24) is 19.7 Å². The van der Waals surface area contributed by atoms with E-state index in [0.717, 1.165) is 6.07 Å². The van der Waals surface area contributed by atoms with E-state index in [9.17, 15) is 23.1 Å². The van der Waals surface area contributed by atoms with Gasteiger partial charge in [-0.2, -0.15) is 18.3 Å². The Bertz CT molecular complexity index is 730. The molecule has 0 saturated heterocycles. The summed E-state index contributed by atoms with van der Waals surface area (Å²) >= 11 is 0.575. The maximum atomic E-state index is 13.0. The van der Waals surface area contributed by atoms with Gasteiger partial charge in [0.25, 0.3) is 0 Å². The number of aryl methyl sites for hydroxylation is 2. The Morgan fingerprint density at radius 1 is 1.39 bits per heavy atom. The van der Waals surface area contributed by atoms with Crippen molar-refractivity contribution in [1.29, 1.82) is 0 Å². The Morgan fingerprint density at radius 2 is 2.09 bits per heavy atom. The van der Waals surface area contributed by atoms with E-state index in [1.54, 1.807) is 17.8 Å². The molecule has 2 aromatic heterocycles. The van der Waals surface area contributed by atoms with E-state index in [-0.39, 0.29) is 10.9 Å². The number of carbonyl (C=O) groups excluding carboxylic acids is 1. The molecule has 0 aliphatic carbocycles. The molecule has 0 aliphatic heterocycles. The highest BCUT2D eigenvalue weighted by Crippen LogP contribution is 2.32. The van der Waals surface area contributed by atoms with Crippen molar-refractivity contribution >= 4 is 17.7 Å². The first-order valence-corrected chi connectivity index (χ1v) is 7.52. The van der Waals surface area contributed by atoms with Crippen LogP contribution in [0.2, 0.25) is 0 Å². The summed E-state index contributed by atoms with van der Waals surface area (Å²) < 4.78 is 40.5. The lowest BCUT2D eigenvalue weighted by Crippen LogP contribution is -2.24. The van der Waals surface area contributed by atoms with Crippen LogP contribution in [0.3, 0.4) is 0 Å². The summed E-state index contributed by atoms with van der Waals surface area (Å²) in [6.45, 7) is 4.06. The second kappa shape index (κ2) is 6.57. The molecule has 0 radical (unpaired) electrons. The standard InChI is InChI=1S/C13H13F3N4O2S/c1-3-20-5-8(7(2)19-20)9-4-10(13(14,15)16)18-12(17-9)23-6-11(21)22/h4-5H,3,6H2,1-2H3,(H,21,22)/p-1. The van der Waals surface area contributed by atoms with Gasteiger partial charge in [-0.25, -0.2) is 9.97 Å². The number of carbonyl (C=O) groups is 1. The molecule has 0 aromatic carbocycles. The molecule has 124 valence electrons. The Hall–Kier alpha value is -2.10. The molecule has 23 heavy (non-hydrogen) atoms. The Labute approximate surface area is 133 Å². The molecule has 2 aromatic rings. The van der Waals surface area contributed by atoms with Gasteiger partial charge < -0.3 is 9.90 Å². The van der Waals surface area contributed by atoms with E-state index < -0.39 is 23.6 Å². The lowest BCUT2D eigenvalue weighted by Gasteiger charge is -2.10. The number of hydrogen-bond acceptors (Lipinski definition) is 6. The zero-order valence-corrected chi connectivity index (χ0v) is 13.0. The van der Waals surface area contributed by atoms with E-state index in [0.29, 0.717) is 29.6 Å². The fourth-order valence-corrected chi connectivity index (χ4v) is 2.40. The van der Waals surface area contributed by atoms with Gasteiger partial charge in [0.2, 0.25) is 0 Å². The van der Waals surface area contributed by atoms with Crippen LogP contribution in [0.15, 0.2) is 17.4 Å². The normalized spacial score (nSPS) is 11.7. The molecular weight excluding hydrogens is 333 g/mol. The zero-order chi connectivity index (χ0) is 17.2. The summed E-state index contributed by atoms with van der Waals surface area (Å²) in [6.07, 6.45) is -3.08. The van der Waals surface area contributed by atoms with Crippen molar-refractivity contribution < 1.29 is 23.1 Å². The topological polar surface area (TPSA) is 83.7 Å². The van der Waals surface area contributed by atoms with E-state index in [4.69, 9.17) is 0 Å². The molecule has 0 fully saturated rings. The van der Waals surface area contributed by atoms with Crippen LogP contribution in [0.1, 0.15) is 18.3 Å². The van der Waals surface area contributed by atoms with E-state index in [1.807, 2.05) is 6.92 Å². The fourth-order valence-electron chi connectivity index (χ4n) is 1.83. The summed E-state index contributed by atoms with van der Waals surface area (Å²) in [5.74, 6) is -1.94. The van der Waals surface area contributed by atoms with Crippen molar-refractivity contribution in [2.24, 2.45) is 0 Å². The van der Waals surface area contributed by atoms with Crippen molar-refractivity contribution in [3.63, 3.8) is 0 Å². The number of nitrogens with zero attached hydrogens (tertiary/aromatic N) is 4. The van der Waals surface area contributed by atoms with Crippen LogP contribution in [0.5, 0.6) is 0 Å². The first kappa shape index (κ1) is 17.3. The van der Waals surface area contributed by atoms with E-state index >= 15 is 0 Å². The molecule has 0 N–H and O–H groups in total. The van der Waals surface area contributed by atoms with Crippen molar-refractivity contribution in [3.8, 4) is 11.3 Å². The Balaban J connectivity index is 2.50. The maximum absolute atomic E-state index is 13.0. The first-order valence-electron chi connectivity index (χ1n) is 6.54. The van der Waals surface area contributed by atoms with Crippen molar-refractivity contribution in [3.05, 3.63) is 23.7 Å². The highest BCUT2D eigenvalue weighted by atomic mass is 32.2. The third-order valence-corrected chi connectivity index (χ3v) is 3.68. The predicted octanol–water partition coefficient (Wildman–Crippen LogP) is 1.53. The van der Waals surface area contributed by atoms with Crippen LogP contribution in [-0.2, 0) is 17.5 Å². The van der Waals surface area contributed by atoms with Gasteiger partial charge in [0.15, 0.2) is 5.16 Å². The summed E-state index contributed by atoms with van der Waals surface area (Å²) in [6, 6.07) is 0.826. The minimum atomic E-state index is -4.66. The second-order valence-corrected chi connectivity index (χ2v) is 5.51. The Kier molecular flexibility index (Phi) is 4.93. The monoisotopic (exact) mass is 345 g/mol. The molecule has 0 amide bonds. The van der Waals surface area contributed by atoms with Gasteiger partial charge in [0, 0.05) is 24.1 Å². The number of carboxylic acids is 1. The van der Waals surface area contributed by atoms with Gasteiger partial charge in [-0.1, -0.05) is 11.8 Å². The van der Waals surface area contributed by atoms with Gasteiger partial charge in [-0.3, -0.25) is 4.68 Å². The van der Waals surface area contributed by atoms with E-state index in [2.05, 4.69) is 15.1 Å². The fraction of sp³-hybridized carbons (Fsp3) is 0.385. The number of alkyl halides is 3. The number of aromatic nitrogens is 4. The van der Waals surface area contributed by atoms with Crippen LogP contribution in [0, 0.1) is 6.92 Å². The quantitative estimate of drug-likeness (QED) is 0.604. The molecule has 0 spiro atoms. The van der Waals surface area contributed by atoms with Crippen LogP contribution >= 0.6 is 11.8 Å². The average molecular weight is 345 g/mol. The number of hydrogen-bond donors (Lipinski definition) is 0. The largest absolute Gasteiger partial charge is 0.549 e. The minimum absolute atomic E-state index is 0.0466. The molecule has 0 bridgehead atoms. The summed E-state index contributed by atoms with van der Waals surface area (Å²) in [7, 11) is 0.